The molecule has 158 valence electrons. The number of hydrogen-bond donors (Lipinski definition) is 1. The molecule has 0 saturated heterocycles. The quantitative estimate of drug-likeness (QED) is 0.375. The number of nitrogens with one attached hydrogen (secondary N) is 1. The van der Waals surface area contributed by atoms with Gasteiger partial charge in [-0.1, -0.05) is 17.7 Å². The summed E-state index contributed by atoms with van der Waals surface area (Å²) in [6.45, 7) is 1.84. The van der Waals surface area contributed by atoms with Gasteiger partial charge in [-0.2, -0.15) is 4.98 Å². The van der Waals surface area contributed by atoms with Crippen LogP contribution < -0.4 is 5.32 Å². The molecule has 3 aromatic rings. The van der Waals surface area contributed by atoms with Crippen molar-refractivity contribution in [3.63, 3.8) is 0 Å². The maximum atomic E-state index is 13.2. The van der Waals surface area contributed by atoms with Crippen LogP contribution in [0.15, 0.2) is 40.4 Å². The lowest BCUT2D eigenvalue weighted by Crippen LogP contribution is -2.18. The first-order chi connectivity index (χ1) is 14.0. The van der Waals surface area contributed by atoms with Crippen LogP contribution in [0.4, 0.5) is 5.95 Å². The minimum Gasteiger partial charge on any atom is -0.294 e. The van der Waals surface area contributed by atoms with Gasteiger partial charge in [-0.25, -0.2) is 25.8 Å². The van der Waals surface area contributed by atoms with Gasteiger partial charge in [0.1, 0.15) is 0 Å². The maximum absolute atomic E-state index is 13.2. The molecule has 1 aliphatic rings. The number of anilines is 1. The molecule has 1 amide bonds. The van der Waals surface area contributed by atoms with E-state index in [4.69, 9.17) is 0 Å². The molecule has 1 N–H and O–H groups in total. The molecule has 0 atom stereocenters. The van der Waals surface area contributed by atoms with E-state index in [0.29, 0.717) is 3.57 Å². The van der Waals surface area contributed by atoms with Crippen molar-refractivity contribution in [3.8, 4) is 0 Å². The Morgan fingerprint density at radius 1 is 1.13 bits per heavy atom. The molecule has 1 aromatic carbocycles. The number of aromatic nitrogens is 3. The standard InChI is InChI=1S/C18H17IN4O5S2/c1-10-3-7-12(8-4-10)30(27,28)23-9-13(19)14-15(23)20-18(21-16(24)11-5-6-11)22-17(14)29(2,25)26/h3-4,7-9,11H,5-6H2,1-2H3,(H,20,21,22,24). The summed E-state index contributed by atoms with van der Waals surface area (Å²) in [7, 11) is -7.89. The van der Waals surface area contributed by atoms with Gasteiger partial charge in [-0.3, -0.25) is 10.1 Å². The zero-order chi connectivity index (χ0) is 21.8. The normalized spacial score (nSPS) is 14.8. The van der Waals surface area contributed by atoms with Crippen molar-refractivity contribution in [2.24, 2.45) is 5.92 Å². The summed E-state index contributed by atoms with van der Waals surface area (Å²) in [5.74, 6) is -0.716. The lowest BCUT2D eigenvalue weighted by atomic mass is 10.2. The Hall–Kier alpha value is -2.06. The van der Waals surface area contributed by atoms with Crippen LogP contribution in [0.25, 0.3) is 11.0 Å². The van der Waals surface area contributed by atoms with E-state index in [1.165, 1.54) is 18.3 Å². The van der Waals surface area contributed by atoms with Crippen LogP contribution in [-0.4, -0.2) is 42.9 Å². The number of carbonyl (C=O) groups is 1. The minimum atomic E-state index is -4.06. The fourth-order valence-electron chi connectivity index (χ4n) is 2.92. The molecule has 0 spiro atoms. The van der Waals surface area contributed by atoms with Crippen LogP contribution in [0, 0.1) is 16.4 Å². The number of sulfone groups is 1. The number of rotatable bonds is 5. The SMILES string of the molecule is Cc1ccc(S(=O)(=O)n2cc(I)c3c(S(C)(=O)=O)nc(NC(=O)C4CC4)nc32)cc1. The van der Waals surface area contributed by atoms with E-state index in [-0.39, 0.29) is 38.7 Å². The van der Waals surface area contributed by atoms with Gasteiger partial charge in [0.25, 0.3) is 10.0 Å². The van der Waals surface area contributed by atoms with E-state index in [1.54, 1.807) is 12.1 Å². The average Bonchev–Trinajstić information content (AvgIpc) is 3.45. The molecule has 0 radical (unpaired) electrons. The number of fused-ring (bicyclic) bond motifs is 1. The van der Waals surface area contributed by atoms with Crippen molar-refractivity contribution in [3.05, 3.63) is 39.6 Å². The molecule has 1 saturated carbocycles. The van der Waals surface area contributed by atoms with E-state index in [9.17, 15) is 21.6 Å². The van der Waals surface area contributed by atoms with E-state index in [2.05, 4.69) is 15.3 Å². The van der Waals surface area contributed by atoms with Crippen LogP contribution in [0.1, 0.15) is 18.4 Å². The highest BCUT2D eigenvalue weighted by Crippen LogP contribution is 2.33. The summed E-state index contributed by atoms with van der Waals surface area (Å²) in [6.07, 6.45) is 3.76. The predicted molar refractivity (Wildman–Crippen MR) is 118 cm³/mol. The Bertz CT molecular complexity index is 1390. The number of amides is 1. The maximum Gasteiger partial charge on any atom is 0.269 e. The number of hydrogen-bond acceptors (Lipinski definition) is 7. The first-order valence-electron chi connectivity index (χ1n) is 8.90. The molecular weight excluding hydrogens is 543 g/mol. The van der Waals surface area contributed by atoms with E-state index in [0.717, 1.165) is 28.6 Å². The summed E-state index contributed by atoms with van der Waals surface area (Å²) in [5.41, 5.74) is 0.786. The summed E-state index contributed by atoms with van der Waals surface area (Å²) in [4.78, 5) is 20.4. The zero-order valence-corrected chi connectivity index (χ0v) is 19.7. The second-order valence-electron chi connectivity index (χ2n) is 7.18. The molecule has 2 aromatic heterocycles. The van der Waals surface area contributed by atoms with Gasteiger partial charge in [-0.15, -0.1) is 0 Å². The number of aryl methyl sites for hydroxylation is 1. The van der Waals surface area contributed by atoms with Crippen molar-refractivity contribution in [2.45, 2.75) is 29.7 Å². The summed E-state index contributed by atoms with van der Waals surface area (Å²) < 4.78 is 52.6. The Balaban J connectivity index is 1.97. The predicted octanol–water partition coefficient (Wildman–Crippen LogP) is 2.33. The van der Waals surface area contributed by atoms with Crippen LogP contribution in [0.2, 0.25) is 0 Å². The number of carbonyl (C=O) groups excluding carboxylic acids is 1. The highest BCUT2D eigenvalue weighted by molar-refractivity contribution is 14.1. The van der Waals surface area contributed by atoms with Gasteiger partial charge in [0.2, 0.25) is 11.9 Å². The molecule has 1 fully saturated rings. The van der Waals surface area contributed by atoms with Crippen LogP contribution in [-0.2, 0) is 24.7 Å². The molecular formula is C18H17IN4O5S2. The smallest absolute Gasteiger partial charge is 0.269 e. The van der Waals surface area contributed by atoms with Crippen molar-refractivity contribution in [2.75, 3.05) is 11.6 Å². The summed E-state index contributed by atoms with van der Waals surface area (Å²) in [5, 5.41) is 2.27. The Labute approximate surface area is 187 Å². The van der Waals surface area contributed by atoms with Crippen molar-refractivity contribution in [1.29, 1.82) is 0 Å². The number of nitrogens with zero attached hydrogens (tertiary/aromatic N) is 3. The Kier molecular flexibility index (Phi) is 5.13. The fourth-order valence-corrected chi connectivity index (χ4v) is 6.20. The Morgan fingerprint density at radius 2 is 1.77 bits per heavy atom. The fraction of sp³-hybridized carbons (Fsp3) is 0.278. The van der Waals surface area contributed by atoms with Gasteiger partial charge in [0.05, 0.1) is 10.3 Å². The minimum absolute atomic E-state index is 0.0319. The Morgan fingerprint density at radius 3 is 2.33 bits per heavy atom. The third-order valence-electron chi connectivity index (χ3n) is 4.65. The van der Waals surface area contributed by atoms with Crippen LogP contribution >= 0.6 is 22.6 Å². The highest BCUT2D eigenvalue weighted by Gasteiger charge is 2.32. The number of benzene rings is 1. The molecule has 30 heavy (non-hydrogen) atoms. The highest BCUT2D eigenvalue weighted by atomic mass is 127. The van der Waals surface area contributed by atoms with Gasteiger partial charge in [0.15, 0.2) is 20.5 Å². The van der Waals surface area contributed by atoms with Gasteiger partial charge < -0.3 is 0 Å². The van der Waals surface area contributed by atoms with Gasteiger partial charge >= 0.3 is 0 Å². The molecule has 9 nitrogen and oxygen atoms in total. The first kappa shape index (κ1) is 21.2. The molecule has 0 bridgehead atoms. The molecule has 2 heterocycles. The molecule has 12 heteroatoms. The van der Waals surface area contributed by atoms with Crippen molar-refractivity contribution < 1.29 is 21.6 Å². The first-order valence-corrected chi connectivity index (χ1v) is 13.3. The second-order valence-corrected chi connectivity index (χ2v) is 12.1. The second kappa shape index (κ2) is 7.27. The van der Waals surface area contributed by atoms with Crippen LogP contribution in [0.3, 0.4) is 0 Å². The number of halogens is 1. The molecule has 1 aliphatic carbocycles. The van der Waals surface area contributed by atoms with Crippen molar-refractivity contribution >= 4 is 65.3 Å². The van der Waals surface area contributed by atoms with E-state index in [1.807, 2.05) is 29.5 Å². The molecule has 4 rings (SSSR count). The topological polar surface area (TPSA) is 128 Å². The van der Waals surface area contributed by atoms with E-state index < -0.39 is 19.9 Å². The van der Waals surface area contributed by atoms with E-state index >= 15 is 0 Å². The largest absolute Gasteiger partial charge is 0.294 e. The average molecular weight is 560 g/mol. The summed E-state index contributed by atoms with van der Waals surface area (Å²) in [6, 6.07) is 6.28. The van der Waals surface area contributed by atoms with Crippen LogP contribution in [0.5, 0.6) is 0 Å². The van der Waals surface area contributed by atoms with Gasteiger partial charge in [0, 0.05) is 21.9 Å². The molecule has 0 aliphatic heterocycles. The van der Waals surface area contributed by atoms with Gasteiger partial charge in [-0.05, 0) is 54.5 Å². The monoisotopic (exact) mass is 560 g/mol. The van der Waals surface area contributed by atoms with Crippen molar-refractivity contribution in [1.82, 2.24) is 13.9 Å². The molecule has 0 unspecified atom stereocenters. The lowest BCUT2D eigenvalue weighted by Gasteiger charge is -2.10. The summed E-state index contributed by atoms with van der Waals surface area (Å²) >= 11 is 1.85. The third kappa shape index (κ3) is 3.83. The lowest BCUT2D eigenvalue weighted by molar-refractivity contribution is -0.117. The zero-order valence-electron chi connectivity index (χ0n) is 16.0. The third-order valence-corrected chi connectivity index (χ3v) is 8.13.